The van der Waals surface area contributed by atoms with Crippen LogP contribution in [0.1, 0.15) is 54.3 Å². The lowest BCUT2D eigenvalue weighted by Gasteiger charge is -2.14. The molecule has 0 aliphatic carbocycles. The predicted molar refractivity (Wildman–Crippen MR) is 107 cm³/mol. The summed E-state index contributed by atoms with van der Waals surface area (Å²) in [4.78, 5) is 12.6. The molecule has 2 heterocycles. The molecule has 0 saturated carbocycles. The second-order valence-electron chi connectivity index (χ2n) is 7.50. The van der Waals surface area contributed by atoms with Crippen LogP contribution in [-0.2, 0) is 9.84 Å². The summed E-state index contributed by atoms with van der Waals surface area (Å²) in [6.07, 6.45) is 1.35. The smallest absolute Gasteiger partial charge is 0.272 e. The fourth-order valence-electron chi connectivity index (χ4n) is 3.27. The van der Waals surface area contributed by atoms with Crippen LogP contribution in [0.4, 0.5) is 0 Å². The second-order valence-corrected chi connectivity index (χ2v) is 9.73. The molecular weight excluding hydrogens is 362 g/mol. The lowest BCUT2D eigenvalue weighted by molar-refractivity contribution is 0.0933. The Labute approximate surface area is 160 Å². The first kappa shape index (κ1) is 19.6. The van der Waals surface area contributed by atoms with Crippen LogP contribution in [0.2, 0.25) is 0 Å². The Morgan fingerprint density at radius 3 is 2.63 bits per heavy atom. The van der Waals surface area contributed by atoms with Crippen molar-refractivity contribution in [1.82, 2.24) is 15.1 Å². The Bertz CT molecular complexity index is 963. The van der Waals surface area contributed by atoms with Crippen LogP contribution in [0.3, 0.4) is 0 Å². The molecule has 1 aromatic carbocycles. The van der Waals surface area contributed by atoms with Crippen LogP contribution >= 0.6 is 0 Å². The molecular formula is C20H27N3O3S. The SMILES string of the molecule is CC[C@@H](C)NC(=O)c1cc(-c2ccc(C)c(C)c2)n([C@@H]2CCS(=O)(=O)C2)n1. The van der Waals surface area contributed by atoms with Crippen LogP contribution in [0.5, 0.6) is 0 Å². The molecule has 1 amide bonds. The molecule has 1 fully saturated rings. The summed E-state index contributed by atoms with van der Waals surface area (Å²) < 4.78 is 25.7. The Hall–Kier alpha value is -2.15. The van der Waals surface area contributed by atoms with Gasteiger partial charge in [0.05, 0.1) is 23.2 Å². The number of rotatable bonds is 5. The molecule has 2 aromatic rings. The van der Waals surface area contributed by atoms with Crippen molar-refractivity contribution < 1.29 is 13.2 Å². The number of aromatic nitrogens is 2. The number of carbonyl (C=O) groups is 1. The third-order valence-corrected chi connectivity index (χ3v) is 7.07. The number of nitrogens with one attached hydrogen (secondary N) is 1. The quantitative estimate of drug-likeness (QED) is 0.852. The maximum Gasteiger partial charge on any atom is 0.272 e. The van der Waals surface area contributed by atoms with Gasteiger partial charge in [0.2, 0.25) is 0 Å². The number of benzene rings is 1. The molecule has 0 bridgehead atoms. The maximum absolute atomic E-state index is 12.6. The Kier molecular flexibility index (Phi) is 5.42. The van der Waals surface area contributed by atoms with Gasteiger partial charge in [-0.3, -0.25) is 9.48 Å². The van der Waals surface area contributed by atoms with Gasteiger partial charge in [0.1, 0.15) is 0 Å². The van der Waals surface area contributed by atoms with E-state index >= 15 is 0 Å². The van der Waals surface area contributed by atoms with Crippen molar-refractivity contribution >= 4 is 15.7 Å². The minimum Gasteiger partial charge on any atom is -0.348 e. The number of nitrogens with zero attached hydrogens (tertiary/aromatic N) is 2. The molecule has 7 heteroatoms. The van der Waals surface area contributed by atoms with Gasteiger partial charge in [0.25, 0.3) is 5.91 Å². The van der Waals surface area contributed by atoms with Crippen LogP contribution in [-0.4, -0.2) is 41.7 Å². The first-order valence-electron chi connectivity index (χ1n) is 9.38. The molecule has 1 aliphatic rings. The Morgan fingerprint density at radius 2 is 2.04 bits per heavy atom. The second kappa shape index (κ2) is 7.46. The van der Waals surface area contributed by atoms with Crippen LogP contribution in [0, 0.1) is 13.8 Å². The number of hydrogen-bond donors (Lipinski definition) is 1. The lowest BCUT2D eigenvalue weighted by Crippen LogP contribution is -2.32. The van der Waals surface area contributed by atoms with E-state index in [-0.39, 0.29) is 29.5 Å². The zero-order valence-corrected chi connectivity index (χ0v) is 17.1. The highest BCUT2D eigenvalue weighted by Crippen LogP contribution is 2.31. The maximum atomic E-state index is 12.6. The van der Waals surface area contributed by atoms with Gasteiger partial charge in [-0.15, -0.1) is 0 Å². The van der Waals surface area contributed by atoms with Gasteiger partial charge in [-0.2, -0.15) is 5.10 Å². The average molecular weight is 390 g/mol. The molecule has 1 saturated heterocycles. The van der Waals surface area contributed by atoms with Crippen molar-refractivity contribution in [2.45, 2.75) is 52.6 Å². The third kappa shape index (κ3) is 4.24. The molecule has 1 aliphatic heterocycles. The Balaban J connectivity index is 2.04. The lowest BCUT2D eigenvalue weighted by atomic mass is 10.0. The molecule has 6 nitrogen and oxygen atoms in total. The number of aryl methyl sites for hydroxylation is 2. The monoisotopic (exact) mass is 389 g/mol. The fourth-order valence-corrected chi connectivity index (χ4v) is 4.96. The van der Waals surface area contributed by atoms with Crippen LogP contribution < -0.4 is 5.32 Å². The van der Waals surface area contributed by atoms with E-state index in [9.17, 15) is 13.2 Å². The van der Waals surface area contributed by atoms with E-state index in [2.05, 4.69) is 16.5 Å². The molecule has 146 valence electrons. The van der Waals surface area contributed by atoms with E-state index in [4.69, 9.17) is 0 Å². The van der Waals surface area contributed by atoms with Gasteiger partial charge in [-0.05, 0) is 56.9 Å². The van der Waals surface area contributed by atoms with Crippen molar-refractivity contribution in [1.29, 1.82) is 0 Å². The first-order chi connectivity index (χ1) is 12.7. The summed E-state index contributed by atoms with van der Waals surface area (Å²) in [6, 6.07) is 7.67. The van der Waals surface area contributed by atoms with Crippen molar-refractivity contribution in [2.75, 3.05) is 11.5 Å². The van der Waals surface area contributed by atoms with E-state index in [1.54, 1.807) is 10.7 Å². The van der Waals surface area contributed by atoms with Gasteiger partial charge < -0.3 is 5.32 Å². The highest BCUT2D eigenvalue weighted by molar-refractivity contribution is 7.91. The number of carbonyl (C=O) groups excluding carboxylic acids is 1. The molecule has 0 radical (unpaired) electrons. The van der Waals surface area contributed by atoms with E-state index in [1.165, 1.54) is 5.56 Å². The molecule has 0 spiro atoms. The standard InChI is InChI=1S/C20H27N3O3S/c1-5-15(4)21-20(24)18-11-19(16-7-6-13(2)14(3)10-16)23(22-18)17-8-9-27(25,26)12-17/h6-7,10-11,15,17H,5,8-9,12H2,1-4H3,(H,21,24)/t15-,17-/m1/s1. The summed E-state index contributed by atoms with van der Waals surface area (Å²) in [5, 5.41) is 7.45. The summed E-state index contributed by atoms with van der Waals surface area (Å²) in [7, 11) is -3.05. The molecule has 27 heavy (non-hydrogen) atoms. The number of hydrogen-bond acceptors (Lipinski definition) is 4. The summed E-state index contributed by atoms with van der Waals surface area (Å²) >= 11 is 0. The summed E-state index contributed by atoms with van der Waals surface area (Å²) in [6.45, 7) is 8.04. The van der Waals surface area contributed by atoms with Gasteiger partial charge in [-0.25, -0.2) is 8.42 Å². The van der Waals surface area contributed by atoms with Crippen molar-refractivity contribution in [3.05, 3.63) is 41.1 Å². The molecule has 2 atom stereocenters. The Morgan fingerprint density at radius 1 is 1.30 bits per heavy atom. The van der Waals surface area contributed by atoms with Crippen molar-refractivity contribution in [3.8, 4) is 11.3 Å². The average Bonchev–Trinajstić information content (AvgIpc) is 3.20. The van der Waals surface area contributed by atoms with Gasteiger partial charge in [0.15, 0.2) is 15.5 Å². The first-order valence-corrected chi connectivity index (χ1v) is 11.2. The fraction of sp³-hybridized carbons (Fsp3) is 0.500. The molecule has 0 unspecified atom stereocenters. The predicted octanol–water partition coefficient (Wildman–Crippen LogP) is 3.05. The van der Waals surface area contributed by atoms with Gasteiger partial charge >= 0.3 is 0 Å². The third-order valence-electron chi connectivity index (χ3n) is 5.32. The number of amides is 1. The summed E-state index contributed by atoms with van der Waals surface area (Å²) in [5.74, 6) is 0.00563. The zero-order chi connectivity index (χ0) is 19.8. The molecule has 1 N–H and O–H groups in total. The van der Waals surface area contributed by atoms with E-state index in [0.29, 0.717) is 12.1 Å². The molecule has 3 rings (SSSR count). The normalized spacial score (nSPS) is 19.8. The minimum absolute atomic E-state index is 0.0552. The van der Waals surface area contributed by atoms with E-state index < -0.39 is 9.84 Å². The highest BCUT2D eigenvalue weighted by Gasteiger charge is 2.32. The van der Waals surface area contributed by atoms with E-state index in [1.807, 2.05) is 39.8 Å². The van der Waals surface area contributed by atoms with Gasteiger partial charge in [-0.1, -0.05) is 19.1 Å². The van der Waals surface area contributed by atoms with Gasteiger partial charge in [0, 0.05) is 11.6 Å². The van der Waals surface area contributed by atoms with Crippen LogP contribution in [0.15, 0.2) is 24.3 Å². The van der Waals surface area contributed by atoms with Crippen LogP contribution in [0.25, 0.3) is 11.3 Å². The molecule has 1 aromatic heterocycles. The van der Waals surface area contributed by atoms with E-state index in [0.717, 1.165) is 23.2 Å². The number of sulfone groups is 1. The highest BCUT2D eigenvalue weighted by atomic mass is 32.2. The van der Waals surface area contributed by atoms with Crippen molar-refractivity contribution in [3.63, 3.8) is 0 Å². The summed E-state index contributed by atoms with van der Waals surface area (Å²) in [5.41, 5.74) is 4.38. The zero-order valence-electron chi connectivity index (χ0n) is 16.3. The van der Waals surface area contributed by atoms with Crippen molar-refractivity contribution in [2.24, 2.45) is 0 Å². The topological polar surface area (TPSA) is 81.1 Å². The largest absolute Gasteiger partial charge is 0.348 e. The minimum atomic E-state index is -3.05.